The van der Waals surface area contributed by atoms with Crippen LogP contribution in [-0.2, 0) is 4.74 Å². The van der Waals surface area contributed by atoms with E-state index in [1.54, 1.807) is 17.0 Å². The summed E-state index contributed by atoms with van der Waals surface area (Å²) in [6, 6.07) is 24.3. The average molecular weight is 790 g/mol. The Morgan fingerprint density at radius 2 is 1.14 bits per heavy atom. The Morgan fingerprint density at radius 3 is 1.60 bits per heavy atom. The number of hydrogen-bond acceptors (Lipinski definition) is 7. The molecular weight excluding hydrogens is 725 g/mol. The van der Waals surface area contributed by atoms with E-state index in [4.69, 9.17) is 21.2 Å². The zero-order valence-electron chi connectivity index (χ0n) is 40.6. The third kappa shape index (κ3) is 11.2. The highest BCUT2D eigenvalue weighted by Gasteiger charge is 2.27. The van der Waals surface area contributed by atoms with E-state index in [0.717, 1.165) is 47.3 Å². The molecule has 2 saturated heterocycles. The summed E-state index contributed by atoms with van der Waals surface area (Å²) in [5, 5.41) is 3.33. The first kappa shape index (κ1) is 25.8. The fourth-order valence-corrected chi connectivity index (χ4v) is 7.43. The lowest BCUT2D eigenvalue weighted by molar-refractivity contribution is 0.0240. The highest BCUT2D eigenvalue weighted by Crippen LogP contribution is 2.38. The van der Waals surface area contributed by atoms with Crippen molar-refractivity contribution in [3.05, 3.63) is 107 Å². The first-order chi connectivity index (χ1) is 28.3. The summed E-state index contributed by atoms with van der Waals surface area (Å²) in [6.07, 6.45) is -0.327. The number of amides is 1. The van der Waals surface area contributed by atoms with Gasteiger partial charge in [0, 0.05) is 88.4 Å². The largest absolute Gasteiger partial charge is 0.444 e. The highest BCUT2D eigenvalue weighted by atomic mass is 79.9. The van der Waals surface area contributed by atoms with E-state index in [0.29, 0.717) is 36.0 Å². The first-order valence-electron chi connectivity index (χ1n) is 22.3. The Labute approximate surface area is 336 Å². The standard InChI is InChI=1S/C23H30N2O2S.C18H22N2S.BrH/c1-17-10-11-20(18(2)16-17)28-21-9-7-6-8-19(21)24-12-14-25(15-13-24)22(26)27-23(3,4)5;1-14-7-8-17(15(2)13-14)21-18-6-4-3-5-16(18)20-11-9-19-10-12-20;/h6-11,16H,12-15H2,1-5H3;3-8,13,19H,9-12H2,1-2H3;1H/i2*1D3,2D3;. The maximum Gasteiger partial charge on any atom is 0.410 e. The van der Waals surface area contributed by atoms with Crippen molar-refractivity contribution >= 4 is 58.0 Å². The van der Waals surface area contributed by atoms with Gasteiger partial charge in [-0.15, -0.1) is 17.0 Å². The van der Waals surface area contributed by atoms with E-state index in [2.05, 4.69) is 15.1 Å². The van der Waals surface area contributed by atoms with E-state index in [1.807, 2.05) is 69.3 Å². The topological polar surface area (TPSA) is 48.1 Å². The molecule has 4 aromatic rings. The van der Waals surface area contributed by atoms with Gasteiger partial charge < -0.3 is 24.8 Å². The Kier molecular flexibility index (Phi) is 9.49. The molecule has 0 atom stereocenters. The number of nitrogens with zero attached hydrogens (tertiary/aromatic N) is 3. The minimum Gasteiger partial charge on any atom is -0.444 e. The van der Waals surface area contributed by atoms with Gasteiger partial charge in [-0.2, -0.15) is 0 Å². The monoisotopic (exact) mass is 788 g/mol. The molecule has 2 heterocycles. The van der Waals surface area contributed by atoms with Gasteiger partial charge in [-0.1, -0.05) is 83.2 Å². The van der Waals surface area contributed by atoms with Crippen LogP contribution >= 0.6 is 40.5 Å². The lowest BCUT2D eigenvalue weighted by Crippen LogP contribution is -2.50. The number of carbonyl (C=O) groups is 1. The molecule has 4 aromatic carbocycles. The molecule has 0 aromatic heterocycles. The summed E-state index contributed by atoms with van der Waals surface area (Å²) in [4.78, 5) is 21.4. The summed E-state index contributed by atoms with van der Waals surface area (Å²) in [7, 11) is 0. The van der Waals surface area contributed by atoms with Gasteiger partial charge in [0.2, 0.25) is 0 Å². The van der Waals surface area contributed by atoms with Gasteiger partial charge >= 0.3 is 6.09 Å². The summed E-state index contributed by atoms with van der Waals surface area (Å²) >= 11 is 2.68. The zero-order chi connectivity index (χ0) is 45.0. The van der Waals surface area contributed by atoms with Crippen molar-refractivity contribution in [1.82, 2.24) is 10.2 Å². The van der Waals surface area contributed by atoms with Gasteiger partial charge in [-0.05, 0) is 95.7 Å². The molecule has 6 nitrogen and oxygen atoms in total. The summed E-state index contributed by atoms with van der Waals surface area (Å²) in [5.74, 6) is 0. The van der Waals surface area contributed by atoms with Crippen molar-refractivity contribution < 1.29 is 26.0 Å². The number of piperazine rings is 2. The number of hydrogen-bond donors (Lipinski definition) is 1. The number of halogens is 1. The second kappa shape index (κ2) is 18.4. The van der Waals surface area contributed by atoms with Crippen LogP contribution in [0.5, 0.6) is 0 Å². The van der Waals surface area contributed by atoms with Crippen LogP contribution in [0.4, 0.5) is 16.2 Å². The van der Waals surface area contributed by atoms with Crippen molar-refractivity contribution in [2.45, 2.75) is 73.4 Å². The molecule has 50 heavy (non-hydrogen) atoms. The Hall–Kier alpha value is -3.11. The SMILES string of the molecule is Br.[2H]C([2H])([2H])c1ccc(Sc2ccccc2N2CCN(C(=O)OC(C)(C)C)CC2)c(C([2H])([2H])[2H])c1.[2H]C([2H])([2H])c1ccc(Sc2ccccc2N2CCNCC2)c(C([2H])([2H])[2H])c1. The number of carbonyl (C=O) groups excluding carboxylic acids is 1. The van der Waals surface area contributed by atoms with Gasteiger partial charge in [0.05, 0.1) is 11.4 Å². The number of anilines is 2. The van der Waals surface area contributed by atoms with Crippen LogP contribution in [0.25, 0.3) is 0 Å². The third-order valence-electron chi connectivity index (χ3n) is 7.86. The predicted octanol–water partition coefficient (Wildman–Crippen LogP) is 9.95. The molecule has 268 valence electrons. The lowest BCUT2D eigenvalue weighted by atomic mass is 10.2. The fraction of sp³-hybridized carbons (Fsp3) is 0.390. The fourth-order valence-electron chi connectivity index (χ4n) is 5.45. The van der Waals surface area contributed by atoms with E-state index in [1.165, 1.54) is 47.8 Å². The molecular formula is C41H53BrN4O2S2. The Balaban J connectivity index is 0.000000275. The molecule has 2 fully saturated rings. The molecule has 6 rings (SSSR count). The first-order valence-corrected chi connectivity index (χ1v) is 18.0. The molecule has 0 saturated carbocycles. The number of nitrogens with one attached hydrogen (secondary N) is 1. The number of ether oxygens (including phenoxy) is 1. The molecule has 0 unspecified atom stereocenters. The maximum absolute atomic E-state index is 12.4. The van der Waals surface area contributed by atoms with Crippen LogP contribution in [0.15, 0.2) is 105 Å². The maximum atomic E-state index is 12.4. The molecule has 2 aliphatic rings. The van der Waals surface area contributed by atoms with Crippen LogP contribution in [0, 0.1) is 27.4 Å². The van der Waals surface area contributed by atoms with Gasteiger partial charge in [-0.3, -0.25) is 0 Å². The predicted molar refractivity (Wildman–Crippen MR) is 218 cm³/mol. The molecule has 1 N–H and O–H groups in total. The molecule has 0 bridgehead atoms. The quantitative estimate of drug-likeness (QED) is 0.209. The van der Waals surface area contributed by atoms with E-state index in [9.17, 15) is 4.79 Å². The summed E-state index contributed by atoms with van der Waals surface area (Å²) in [5.41, 5.74) is 1.62. The van der Waals surface area contributed by atoms with Crippen LogP contribution in [0.3, 0.4) is 0 Å². The van der Waals surface area contributed by atoms with E-state index in [-0.39, 0.29) is 45.3 Å². The molecule has 2 aliphatic heterocycles. The summed E-state index contributed by atoms with van der Waals surface area (Å²) < 4.78 is 98.4. The normalized spacial score (nSPS) is 19.3. The van der Waals surface area contributed by atoms with Gasteiger partial charge in [0.15, 0.2) is 0 Å². The second-order valence-electron chi connectivity index (χ2n) is 12.8. The minimum atomic E-state index is -2.45. The van der Waals surface area contributed by atoms with Crippen LogP contribution in [-0.4, -0.2) is 69.0 Å². The number of para-hydroxylation sites is 2. The smallest absolute Gasteiger partial charge is 0.410 e. The third-order valence-corrected chi connectivity index (χ3v) is 10.1. The van der Waals surface area contributed by atoms with Gasteiger partial charge in [0.1, 0.15) is 5.60 Å². The summed E-state index contributed by atoms with van der Waals surface area (Å²) in [6.45, 7) is 1.84. The molecule has 1 amide bonds. The average Bonchev–Trinajstić information content (AvgIpc) is 3.17. The molecule has 0 radical (unpaired) electrons. The Bertz CT molecular complexity index is 2130. The van der Waals surface area contributed by atoms with Gasteiger partial charge in [0.25, 0.3) is 0 Å². The molecule has 0 aliphatic carbocycles. The lowest BCUT2D eigenvalue weighted by Gasteiger charge is -2.37. The number of aryl methyl sites for hydroxylation is 4. The zero-order valence-corrected chi connectivity index (χ0v) is 32.0. The highest BCUT2D eigenvalue weighted by molar-refractivity contribution is 8.93. The molecule has 9 heteroatoms. The number of rotatable bonds is 6. The van der Waals surface area contributed by atoms with Crippen molar-refractivity contribution in [2.75, 3.05) is 62.2 Å². The Morgan fingerprint density at radius 1 is 0.660 bits per heavy atom. The van der Waals surface area contributed by atoms with Crippen LogP contribution in [0.2, 0.25) is 0 Å². The van der Waals surface area contributed by atoms with E-state index < -0.39 is 33.0 Å². The van der Waals surface area contributed by atoms with Crippen molar-refractivity contribution in [3.8, 4) is 0 Å². The molecule has 0 spiro atoms. The van der Waals surface area contributed by atoms with Crippen molar-refractivity contribution in [2.24, 2.45) is 0 Å². The van der Waals surface area contributed by atoms with Crippen molar-refractivity contribution in [1.29, 1.82) is 0 Å². The number of benzene rings is 4. The minimum absolute atomic E-state index is 0. The second-order valence-corrected chi connectivity index (χ2v) is 14.9. The van der Waals surface area contributed by atoms with Crippen molar-refractivity contribution in [3.63, 3.8) is 0 Å². The van der Waals surface area contributed by atoms with Crippen LogP contribution in [0.1, 0.15) is 59.5 Å². The van der Waals surface area contributed by atoms with E-state index >= 15 is 0 Å². The van der Waals surface area contributed by atoms with Gasteiger partial charge in [-0.25, -0.2) is 4.79 Å². The van der Waals surface area contributed by atoms with Crippen LogP contribution < -0.4 is 15.1 Å².